The summed E-state index contributed by atoms with van der Waals surface area (Å²) in [6, 6.07) is 9.47. The molecule has 6 heteroatoms. The Morgan fingerprint density at radius 1 is 1.38 bits per heavy atom. The van der Waals surface area contributed by atoms with Crippen LogP contribution in [0.25, 0.3) is 10.9 Å². The Hall–Kier alpha value is -1.79. The molecule has 1 fully saturated rings. The number of amides is 1. The Balaban J connectivity index is 1.63. The SMILES string of the molecule is O=C(NCCc1cc2ccccc2[nH]c1=O)C1CSCN1. The van der Waals surface area contributed by atoms with Crippen LogP contribution < -0.4 is 16.2 Å². The average Bonchev–Trinajstić information content (AvgIpc) is 3.02. The van der Waals surface area contributed by atoms with Crippen LogP contribution in [0.4, 0.5) is 0 Å². The number of rotatable bonds is 4. The largest absolute Gasteiger partial charge is 0.354 e. The molecule has 1 atom stereocenters. The van der Waals surface area contributed by atoms with E-state index in [1.165, 1.54) is 0 Å². The molecule has 110 valence electrons. The molecule has 21 heavy (non-hydrogen) atoms. The highest BCUT2D eigenvalue weighted by molar-refractivity contribution is 7.99. The molecule has 3 rings (SSSR count). The number of benzene rings is 1. The van der Waals surface area contributed by atoms with E-state index in [1.807, 2.05) is 30.3 Å². The highest BCUT2D eigenvalue weighted by Gasteiger charge is 2.21. The standard InChI is InChI=1S/C15H17N3O2S/c19-14-11(7-10-3-1-2-4-12(10)18-14)5-6-16-15(20)13-8-21-9-17-13/h1-4,7,13,17H,5-6,8-9H2,(H,16,20)(H,18,19). The number of aromatic nitrogens is 1. The first-order valence-corrected chi connectivity index (χ1v) is 8.09. The van der Waals surface area contributed by atoms with Crippen LogP contribution in [0.3, 0.4) is 0 Å². The van der Waals surface area contributed by atoms with Crippen molar-refractivity contribution < 1.29 is 4.79 Å². The van der Waals surface area contributed by atoms with Gasteiger partial charge in [0, 0.05) is 29.3 Å². The number of hydrogen-bond donors (Lipinski definition) is 3. The number of pyridine rings is 1. The summed E-state index contributed by atoms with van der Waals surface area (Å²) in [6.07, 6.45) is 0.534. The molecule has 0 saturated carbocycles. The highest BCUT2D eigenvalue weighted by atomic mass is 32.2. The molecule has 1 amide bonds. The molecule has 0 spiro atoms. The van der Waals surface area contributed by atoms with Crippen LogP contribution in [0, 0.1) is 0 Å². The zero-order valence-corrected chi connectivity index (χ0v) is 12.3. The van der Waals surface area contributed by atoms with Crippen molar-refractivity contribution in [1.29, 1.82) is 0 Å². The Morgan fingerprint density at radius 2 is 2.24 bits per heavy atom. The van der Waals surface area contributed by atoms with Gasteiger partial charge in [-0.25, -0.2) is 0 Å². The number of aromatic amines is 1. The lowest BCUT2D eigenvalue weighted by Gasteiger charge is -2.10. The molecule has 2 heterocycles. The lowest BCUT2D eigenvalue weighted by molar-refractivity contribution is -0.122. The van der Waals surface area contributed by atoms with Crippen LogP contribution in [0.2, 0.25) is 0 Å². The fourth-order valence-electron chi connectivity index (χ4n) is 2.39. The first-order valence-electron chi connectivity index (χ1n) is 6.94. The summed E-state index contributed by atoms with van der Waals surface area (Å²) < 4.78 is 0. The van der Waals surface area contributed by atoms with E-state index in [0.717, 1.165) is 22.5 Å². The van der Waals surface area contributed by atoms with E-state index in [4.69, 9.17) is 0 Å². The lowest BCUT2D eigenvalue weighted by atomic mass is 10.1. The molecule has 1 saturated heterocycles. The van der Waals surface area contributed by atoms with Gasteiger partial charge in [0.05, 0.1) is 6.04 Å². The summed E-state index contributed by atoms with van der Waals surface area (Å²) in [4.78, 5) is 26.7. The van der Waals surface area contributed by atoms with Gasteiger partial charge < -0.3 is 10.3 Å². The molecule has 1 aromatic carbocycles. The molecule has 2 aromatic rings. The van der Waals surface area contributed by atoms with Gasteiger partial charge in [0.1, 0.15) is 0 Å². The van der Waals surface area contributed by atoms with E-state index in [0.29, 0.717) is 18.5 Å². The predicted octanol–water partition coefficient (Wildman–Crippen LogP) is 0.849. The second-order valence-electron chi connectivity index (χ2n) is 5.02. The maximum atomic E-state index is 12.0. The monoisotopic (exact) mass is 303 g/mol. The van der Waals surface area contributed by atoms with E-state index < -0.39 is 0 Å². The fraction of sp³-hybridized carbons (Fsp3) is 0.333. The van der Waals surface area contributed by atoms with E-state index in [-0.39, 0.29) is 17.5 Å². The second-order valence-corrected chi connectivity index (χ2v) is 6.05. The minimum Gasteiger partial charge on any atom is -0.354 e. The third-order valence-electron chi connectivity index (χ3n) is 3.56. The highest BCUT2D eigenvalue weighted by Crippen LogP contribution is 2.11. The Labute approximate surface area is 126 Å². The second kappa shape index (κ2) is 6.32. The zero-order chi connectivity index (χ0) is 14.7. The maximum absolute atomic E-state index is 12.0. The molecule has 5 nitrogen and oxygen atoms in total. The first-order chi connectivity index (χ1) is 10.2. The summed E-state index contributed by atoms with van der Waals surface area (Å²) >= 11 is 1.72. The zero-order valence-electron chi connectivity index (χ0n) is 11.5. The molecule has 0 aliphatic carbocycles. The van der Waals surface area contributed by atoms with Crippen molar-refractivity contribution in [3.05, 3.63) is 46.2 Å². The van der Waals surface area contributed by atoms with Crippen molar-refractivity contribution in [3.8, 4) is 0 Å². The summed E-state index contributed by atoms with van der Waals surface area (Å²) in [5.74, 6) is 1.64. The predicted molar refractivity (Wildman–Crippen MR) is 85.5 cm³/mol. The van der Waals surface area contributed by atoms with Gasteiger partial charge in [-0.3, -0.25) is 14.9 Å². The Kier molecular flexibility index (Phi) is 4.26. The molecular formula is C15H17N3O2S. The summed E-state index contributed by atoms with van der Waals surface area (Å²) in [5.41, 5.74) is 1.45. The molecule has 0 radical (unpaired) electrons. The molecule has 1 unspecified atom stereocenters. The van der Waals surface area contributed by atoms with Gasteiger partial charge in [0.15, 0.2) is 0 Å². The fourth-order valence-corrected chi connectivity index (χ4v) is 3.33. The van der Waals surface area contributed by atoms with Gasteiger partial charge in [0.2, 0.25) is 5.91 Å². The molecule has 3 N–H and O–H groups in total. The third kappa shape index (κ3) is 3.28. The van der Waals surface area contributed by atoms with Gasteiger partial charge in [-0.1, -0.05) is 18.2 Å². The summed E-state index contributed by atoms with van der Waals surface area (Å²) in [6.45, 7) is 0.475. The van der Waals surface area contributed by atoms with Crippen molar-refractivity contribution in [3.63, 3.8) is 0 Å². The van der Waals surface area contributed by atoms with Crippen LogP contribution in [0.15, 0.2) is 35.1 Å². The number of para-hydroxylation sites is 1. The van der Waals surface area contributed by atoms with Gasteiger partial charge in [0.25, 0.3) is 5.56 Å². The van der Waals surface area contributed by atoms with Gasteiger partial charge >= 0.3 is 0 Å². The molecule has 0 bridgehead atoms. The molecular weight excluding hydrogens is 286 g/mol. The number of hydrogen-bond acceptors (Lipinski definition) is 4. The van der Waals surface area contributed by atoms with Gasteiger partial charge in [-0.05, 0) is 23.9 Å². The lowest BCUT2D eigenvalue weighted by Crippen LogP contribution is -2.42. The van der Waals surface area contributed by atoms with Crippen molar-refractivity contribution in [1.82, 2.24) is 15.6 Å². The van der Waals surface area contributed by atoms with E-state index in [2.05, 4.69) is 15.6 Å². The Bertz CT molecular complexity index is 707. The van der Waals surface area contributed by atoms with E-state index in [1.54, 1.807) is 11.8 Å². The van der Waals surface area contributed by atoms with Crippen molar-refractivity contribution in [2.24, 2.45) is 0 Å². The van der Waals surface area contributed by atoms with Crippen molar-refractivity contribution in [2.45, 2.75) is 12.5 Å². The average molecular weight is 303 g/mol. The number of H-pyrrole nitrogens is 1. The number of fused-ring (bicyclic) bond motifs is 1. The first kappa shape index (κ1) is 14.2. The van der Waals surface area contributed by atoms with Crippen molar-refractivity contribution in [2.75, 3.05) is 18.2 Å². The van der Waals surface area contributed by atoms with Crippen LogP contribution >= 0.6 is 11.8 Å². The van der Waals surface area contributed by atoms with Crippen LogP contribution in [-0.2, 0) is 11.2 Å². The van der Waals surface area contributed by atoms with Crippen LogP contribution in [0.1, 0.15) is 5.56 Å². The Morgan fingerprint density at radius 3 is 3.05 bits per heavy atom. The topological polar surface area (TPSA) is 74.0 Å². The third-order valence-corrected chi connectivity index (χ3v) is 4.50. The smallest absolute Gasteiger partial charge is 0.251 e. The van der Waals surface area contributed by atoms with E-state index >= 15 is 0 Å². The van der Waals surface area contributed by atoms with Crippen molar-refractivity contribution >= 4 is 28.6 Å². The summed E-state index contributed by atoms with van der Waals surface area (Å²) in [5, 5.41) is 7.01. The molecule has 1 aliphatic rings. The van der Waals surface area contributed by atoms with Crippen LogP contribution in [0.5, 0.6) is 0 Å². The number of carbonyl (C=O) groups excluding carboxylic acids is 1. The molecule has 1 aromatic heterocycles. The normalized spacial score (nSPS) is 18.0. The minimum absolute atomic E-state index is 0.0113. The number of thioether (sulfide) groups is 1. The minimum atomic E-state index is -0.107. The van der Waals surface area contributed by atoms with Gasteiger partial charge in [-0.15, -0.1) is 11.8 Å². The molecule has 1 aliphatic heterocycles. The van der Waals surface area contributed by atoms with Gasteiger partial charge in [-0.2, -0.15) is 0 Å². The summed E-state index contributed by atoms with van der Waals surface area (Å²) in [7, 11) is 0. The van der Waals surface area contributed by atoms with E-state index in [9.17, 15) is 9.59 Å². The maximum Gasteiger partial charge on any atom is 0.251 e. The number of nitrogens with one attached hydrogen (secondary N) is 3. The van der Waals surface area contributed by atoms with Crippen LogP contribution in [-0.4, -0.2) is 35.1 Å². The quantitative estimate of drug-likeness (QED) is 0.783. The number of carbonyl (C=O) groups is 1.